The van der Waals surface area contributed by atoms with Crippen LogP contribution in [-0.4, -0.2) is 62.3 Å². The standard InChI is InChI=1S/C17H24N2O6S/c1-4-25-17(21)15-6-5-11-19(15)26(22,23)18(2)12-13-7-9-14(10-8-13)16(20)24-3/h7-10,15H,4-6,11-12H2,1-3H3. The molecule has 1 aromatic rings. The average molecular weight is 384 g/mol. The summed E-state index contributed by atoms with van der Waals surface area (Å²) in [6.45, 7) is 2.31. The zero-order valence-electron chi connectivity index (χ0n) is 15.2. The smallest absolute Gasteiger partial charge is 0.337 e. The lowest BCUT2D eigenvalue weighted by atomic mass is 10.1. The molecule has 1 aliphatic heterocycles. The van der Waals surface area contributed by atoms with Crippen molar-refractivity contribution in [3.8, 4) is 0 Å². The van der Waals surface area contributed by atoms with E-state index in [1.165, 1.54) is 22.8 Å². The molecule has 0 bridgehead atoms. The number of methoxy groups -OCH3 is 1. The highest BCUT2D eigenvalue weighted by atomic mass is 32.2. The summed E-state index contributed by atoms with van der Waals surface area (Å²) in [6.07, 6.45) is 1.07. The number of carbonyl (C=O) groups excluding carboxylic acids is 2. The molecular formula is C17H24N2O6S. The van der Waals surface area contributed by atoms with E-state index in [1.807, 2.05) is 0 Å². The highest BCUT2D eigenvalue weighted by Gasteiger charge is 2.41. The second kappa shape index (κ2) is 8.61. The molecule has 0 radical (unpaired) electrons. The number of rotatable bonds is 7. The lowest BCUT2D eigenvalue weighted by Gasteiger charge is -2.27. The molecule has 1 saturated heterocycles. The van der Waals surface area contributed by atoms with E-state index in [1.54, 1.807) is 31.2 Å². The monoisotopic (exact) mass is 384 g/mol. The van der Waals surface area contributed by atoms with Crippen LogP contribution >= 0.6 is 0 Å². The van der Waals surface area contributed by atoms with Crippen molar-refractivity contribution in [3.63, 3.8) is 0 Å². The van der Waals surface area contributed by atoms with E-state index in [0.29, 0.717) is 18.4 Å². The second-order valence-corrected chi connectivity index (χ2v) is 7.96. The Balaban J connectivity index is 2.10. The van der Waals surface area contributed by atoms with Gasteiger partial charge in [-0.25, -0.2) is 4.79 Å². The van der Waals surface area contributed by atoms with Crippen LogP contribution in [-0.2, 0) is 31.0 Å². The molecule has 0 N–H and O–H groups in total. The summed E-state index contributed by atoms with van der Waals surface area (Å²) < 4.78 is 37.7. The summed E-state index contributed by atoms with van der Waals surface area (Å²) in [5.74, 6) is -0.962. The van der Waals surface area contributed by atoms with Crippen molar-refractivity contribution in [3.05, 3.63) is 35.4 Å². The molecule has 1 atom stereocenters. The molecule has 26 heavy (non-hydrogen) atoms. The van der Waals surface area contributed by atoms with Crippen molar-refractivity contribution in [2.45, 2.75) is 32.4 Å². The van der Waals surface area contributed by atoms with Crippen LogP contribution in [0.5, 0.6) is 0 Å². The maximum absolute atomic E-state index is 12.8. The minimum absolute atomic E-state index is 0.121. The van der Waals surface area contributed by atoms with Crippen LogP contribution in [0.2, 0.25) is 0 Å². The molecule has 9 heteroatoms. The minimum Gasteiger partial charge on any atom is -0.465 e. The molecule has 0 aromatic heterocycles. The van der Waals surface area contributed by atoms with Gasteiger partial charge in [-0.2, -0.15) is 17.0 Å². The van der Waals surface area contributed by atoms with E-state index in [2.05, 4.69) is 4.74 Å². The Labute approximate surface area is 153 Å². The summed E-state index contributed by atoms with van der Waals surface area (Å²) in [4.78, 5) is 23.5. The maximum atomic E-state index is 12.8. The number of ether oxygens (including phenoxy) is 2. The predicted molar refractivity (Wildman–Crippen MR) is 94.5 cm³/mol. The van der Waals surface area contributed by atoms with Gasteiger partial charge in [0.05, 0.1) is 19.3 Å². The van der Waals surface area contributed by atoms with E-state index in [0.717, 1.165) is 5.56 Å². The Morgan fingerprint density at radius 3 is 2.50 bits per heavy atom. The van der Waals surface area contributed by atoms with Gasteiger partial charge in [-0.05, 0) is 37.5 Å². The van der Waals surface area contributed by atoms with Gasteiger partial charge < -0.3 is 9.47 Å². The second-order valence-electron chi connectivity index (χ2n) is 5.97. The third-order valence-electron chi connectivity index (χ3n) is 4.23. The summed E-state index contributed by atoms with van der Waals surface area (Å²) in [5.41, 5.74) is 1.11. The van der Waals surface area contributed by atoms with Gasteiger partial charge in [0.1, 0.15) is 6.04 Å². The van der Waals surface area contributed by atoms with Crippen LogP contribution in [0.1, 0.15) is 35.7 Å². The van der Waals surface area contributed by atoms with Crippen molar-refractivity contribution in [1.29, 1.82) is 0 Å². The van der Waals surface area contributed by atoms with Gasteiger partial charge in [0.2, 0.25) is 0 Å². The van der Waals surface area contributed by atoms with E-state index in [4.69, 9.17) is 4.74 Å². The highest BCUT2D eigenvalue weighted by Crippen LogP contribution is 2.24. The molecule has 1 aliphatic rings. The molecule has 8 nitrogen and oxygen atoms in total. The van der Waals surface area contributed by atoms with Crippen LogP contribution in [0.15, 0.2) is 24.3 Å². The summed E-state index contributed by atoms with van der Waals surface area (Å²) >= 11 is 0. The predicted octanol–water partition coefficient (Wildman–Crippen LogP) is 1.18. The van der Waals surface area contributed by atoms with Crippen molar-refractivity contribution in [2.75, 3.05) is 27.3 Å². The molecule has 0 saturated carbocycles. The van der Waals surface area contributed by atoms with E-state index < -0.39 is 28.2 Å². The molecule has 0 amide bonds. The fourth-order valence-corrected chi connectivity index (χ4v) is 4.42. The quantitative estimate of drug-likeness (QED) is 0.656. The van der Waals surface area contributed by atoms with E-state index in [-0.39, 0.29) is 19.7 Å². The largest absolute Gasteiger partial charge is 0.465 e. The van der Waals surface area contributed by atoms with Gasteiger partial charge >= 0.3 is 11.9 Å². The molecule has 1 heterocycles. The first-order valence-corrected chi connectivity index (χ1v) is 9.78. The Morgan fingerprint density at radius 2 is 1.92 bits per heavy atom. The van der Waals surface area contributed by atoms with Gasteiger partial charge in [-0.3, -0.25) is 4.79 Å². The molecule has 1 unspecified atom stereocenters. The third-order valence-corrected chi connectivity index (χ3v) is 6.18. The van der Waals surface area contributed by atoms with Gasteiger partial charge in [-0.1, -0.05) is 12.1 Å². The fraction of sp³-hybridized carbons (Fsp3) is 0.529. The average Bonchev–Trinajstić information content (AvgIpc) is 3.12. The lowest BCUT2D eigenvalue weighted by Crippen LogP contribution is -2.47. The number of carbonyl (C=O) groups is 2. The molecule has 144 valence electrons. The van der Waals surface area contributed by atoms with Gasteiger partial charge in [0.15, 0.2) is 0 Å². The lowest BCUT2D eigenvalue weighted by molar-refractivity contribution is -0.146. The zero-order valence-corrected chi connectivity index (χ0v) is 16.0. The molecule has 2 rings (SSSR count). The van der Waals surface area contributed by atoms with Crippen LogP contribution in [0.25, 0.3) is 0 Å². The number of esters is 2. The van der Waals surface area contributed by atoms with Crippen molar-refractivity contribution in [1.82, 2.24) is 8.61 Å². The zero-order chi connectivity index (χ0) is 19.3. The van der Waals surface area contributed by atoms with E-state index in [9.17, 15) is 18.0 Å². The summed E-state index contributed by atoms with van der Waals surface area (Å²) in [6, 6.07) is 5.73. The first kappa shape index (κ1) is 20.3. The molecule has 1 fully saturated rings. The SMILES string of the molecule is CCOC(=O)C1CCCN1S(=O)(=O)N(C)Cc1ccc(C(=O)OC)cc1. The number of hydrogen-bond acceptors (Lipinski definition) is 6. The van der Waals surface area contributed by atoms with Crippen molar-refractivity contribution in [2.24, 2.45) is 0 Å². The molecule has 1 aromatic carbocycles. The van der Waals surface area contributed by atoms with Crippen molar-refractivity contribution < 1.29 is 27.5 Å². The van der Waals surface area contributed by atoms with Crippen LogP contribution in [0.3, 0.4) is 0 Å². The normalized spacial score (nSPS) is 18.1. The van der Waals surface area contributed by atoms with Gasteiger partial charge in [0, 0.05) is 20.1 Å². The first-order chi connectivity index (χ1) is 12.3. The Hall–Kier alpha value is -1.97. The van der Waals surface area contributed by atoms with Crippen LogP contribution < -0.4 is 0 Å². The molecule has 0 aliphatic carbocycles. The highest BCUT2D eigenvalue weighted by molar-refractivity contribution is 7.86. The number of hydrogen-bond donors (Lipinski definition) is 0. The first-order valence-electron chi connectivity index (χ1n) is 8.38. The maximum Gasteiger partial charge on any atom is 0.337 e. The van der Waals surface area contributed by atoms with Crippen LogP contribution in [0, 0.1) is 0 Å². The van der Waals surface area contributed by atoms with Gasteiger partial charge in [0.25, 0.3) is 10.2 Å². The summed E-state index contributed by atoms with van der Waals surface area (Å²) in [5, 5.41) is 0. The van der Waals surface area contributed by atoms with Crippen molar-refractivity contribution >= 4 is 22.1 Å². The van der Waals surface area contributed by atoms with Crippen LogP contribution in [0.4, 0.5) is 0 Å². The molecular weight excluding hydrogens is 360 g/mol. The Morgan fingerprint density at radius 1 is 1.27 bits per heavy atom. The Bertz CT molecular complexity index is 747. The fourth-order valence-electron chi connectivity index (χ4n) is 2.87. The summed E-state index contributed by atoms with van der Waals surface area (Å²) in [7, 11) is -1.05. The Kier molecular flexibility index (Phi) is 6.74. The van der Waals surface area contributed by atoms with Gasteiger partial charge in [-0.15, -0.1) is 0 Å². The van der Waals surface area contributed by atoms with E-state index >= 15 is 0 Å². The number of nitrogens with zero attached hydrogens (tertiary/aromatic N) is 2. The minimum atomic E-state index is -3.81. The third kappa shape index (κ3) is 4.40. The number of benzene rings is 1. The molecule has 0 spiro atoms. The topological polar surface area (TPSA) is 93.2 Å².